The van der Waals surface area contributed by atoms with Crippen LogP contribution in [0.25, 0.3) is 0 Å². The molecule has 0 aromatic rings. The summed E-state index contributed by atoms with van der Waals surface area (Å²) in [5, 5.41) is 8.58. The fraction of sp³-hybridized carbons (Fsp3) is 0. The summed E-state index contributed by atoms with van der Waals surface area (Å²) in [6.45, 7) is 0. The first-order valence-electron chi connectivity index (χ1n) is 0.623. The Kier molecular flexibility index (Phi) is 90.8. The molecule has 0 aromatic heterocycles. The molecular weight excluding hydrogens is 114 g/mol. The molecule has 0 spiro atoms. The fourth-order valence-corrected chi connectivity index (χ4v) is 0. The summed E-state index contributed by atoms with van der Waals surface area (Å²) >= 11 is 0. The first-order chi connectivity index (χ1) is 1.73. The van der Waals surface area contributed by atoms with E-state index in [1.807, 2.05) is 0 Å². The van der Waals surface area contributed by atoms with Crippen LogP contribution < -0.4 is 0 Å². The lowest BCUT2D eigenvalue weighted by Crippen LogP contribution is -1.83. The second-order valence-electron chi connectivity index (χ2n) is 0.285. The molecule has 0 fully saturated rings. The summed E-state index contributed by atoms with van der Waals surface area (Å²) in [5.41, 5.74) is 0. The second-order valence-corrected chi connectivity index (χ2v) is 0.285. The van der Waals surface area contributed by atoms with Crippen molar-refractivity contribution >= 4 is 7.98 Å². The lowest BCUT2D eigenvalue weighted by molar-refractivity contribution is -0.312. The standard InChI is InChI=1S/BNO2.3FH/c1-2(3)4;;;/h;3*1H. The topological polar surface area (TPSA) is 43.1 Å². The molecule has 0 saturated heterocycles. The Morgan fingerprint density at radius 1 is 1.29 bits per heavy atom. The first-order valence-corrected chi connectivity index (χ1v) is 0.623. The van der Waals surface area contributed by atoms with Gasteiger partial charge in [-0.1, -0.05) is 4.83 Å². The molecule has 0 bridgehead atoms. The summed E-state index contributed by atoms with van der Waals surface area (Å²) in [6, 6.07) is 0. The van der Waals surface area contributed by atoms with Gasteiger partial charge in [0.05, 0.1) is 0 Å². The SMILES string of the molecule is F.F.F.[B][N+](=O)[O-]. The van der Waals surface area contributed by atoms with Crippen molar-refractivity contribution in [2.24, 2.45) is 0 Å². The molecule has 0 aliphatic carbocycles. The van der Waals surface area contributed by atoms with Crippen LogP contribution in [0, 0.1) is 10.1 Å². The molecule has 2 radical (unpaired) electrons. The maximum absolute atomic E-state index is 8.58. The Morgan fingerprint density at radius 3 is 1.29 bits per heavy atom. The minimum atomic E-state index is -1.00. The third-order valence-corrected chi connectivity index (χ3v) is 0. The summed E-state index contributed by atoms with van der Waals surface area (Å²) in [6.07, 6.45) is 0. The van der Waals surface area contributed by atoms with Gasteiger partial charge in [0.15, 0.2) is 0 Å². The lowest BCUT2D eigenvalue weighted by Gasteiger charge is -1.63. The molecule has 0 saturated carbocycles. The molecule has 0 N–H and O–H groups in total. The van der Waals surface area contributed by atoms with Gasteiger partial charge in [0, 0.05) is 0 Å². The number of hydrogen-bond donors (Lipinski definition) is 0. The van der Waals surface area contributed by atoms with Gasteiger partial charge in [-0.2, -0.15) is 0 Å². The van der Waals surface area contributed by atoms with E-state index in [0.717, 1.165) is 0 Å². The van der Waals surface area contributed by atoms with Crippen molar-refractivity contribution in [3.63, 3.8) is 0 Å². The van der Waals surface area contributed by atoms with E-state index in [2.05, 4.69) is 7.98 Å². The van der Waals surface area contributed by atoms with Crippen LogP contribution >= 0.6 is 0 Å². The Bertz CT molecular complexity index is 35.9. The molecule has 0 aromatic carbocycles. The highest BCUT2D eigenvalue weighted by molar-refractivity contribution is 5.95. The molecule has 0 aliphatic rings. The number of nitro groups is 1. The van der Waals surface area contributed by atoms with E-state index in [-0.39, 0.29) is 14.1 Å². The molecule has 0 rings (SSSR count). The van der Waals surface area contributed by atoms with Crippen molar-refractivity contribution in [3.8, 4) is 0 Å². The molecular formula is H3BF3NO2. The zero-order valence-electron chi connectivity index (χ0n) is 3.07. The second kappa shape index (κ2) is 18.7. The van der Waals surface area contributed by atoms with Gasteiger partial charge in [0.1, 0.15) is 0 Å². The molecule has 0 amide bonds. The average molecular weight is 117 g/mol. The molecule has 0 heterocycles. The molecule has 7 heavy (non-hydrogen) atoms. The Balaban J connectivity index is -0.0000000150. The van der Waals surface area contributed by atoms with Crippen LogP contribution in [0.5, 0.6) is 0 Å². The van der Waals surface area contributed by atoms with E-state index in [9.17, 15) is 0 Å². The van der Waals surface area contributed by atoms with Gasteiger partial charge < -0.3 is 0 Å². The van der Waals surface area contributed by atoms with E-state index in [1.165, 1.54) is 0 Å². The molecule has 3 nitrogen and oxygen atoms in total. The zero-order chi connectivity index (χ0) is 3.58. The van der Waals surface area contributed by atoms with E-state index in [4.69, 9.17) is 10.1 Å². The quantitative estimate of drug-likeness (QED) is 0.250. The summed E-state index contributed by atoms with van der Waals surface area (Å²) < 4.78 is 0. The monoisotopic (exact) mass is 117 g/mol. The van der Waals surface area contributed by atoms with Gasteiger partial charge >= 0.3 is 7.98 Å². The fourth-order valence-electron chi connectivity index (χ4n) is 0. The maximum atomic E-state index is 8.58. The number of halogens is 3. The Morgan fingerprint density at radius 2 is 1.29 bits per heavy atom. The van der Waals surface area contributed by atoms with Crippen molar-refractivity contribution in [1.29, 1.82) is 0 Å². The van der Waals surface area contributed by atoms with E-state index < -0.39 is 4.83 Å². The van der Waals surface area contributed by atoms with Crippen molar-refractivity contribution in [1.82, 2.24) is 0 Å². The van der Waals surface area contributed by atoms with Gasteiger partial charge in [-0.05, 0) is 0 Å². The van der Waals surface area contributed by atoms with Gasteiger partial charge in [0.2, 0.25) is 0 Å². The van der Waals surface area contributed by atoms with Gasteiger partial charge in [-0.15, -0.1) is 0 Å². The predicted octanol–water partition coefficient (Wildman–Crippen LogP) is -0.196. The number of hydrogen-bond acceptors (Lipinski definition) is 2. The predicted molar refractivity (Wildman–Crippen MR) is 20.3 cm³/mol. The molecule has 7 heteroatoms. The van der Waals surface area contributed by atoms with Crippen LogP contribution in [-0.4, -0.2) is 12.8 Å². The summed E-state index contributed by atoms with van der Waals surface area (Å²) in [5.74, 6) is 0. The molecule has 44 valence electrons. The minimum absolute atomic E-state index is 0. The first kappa shape index (κ1) is 34.0. The molecule has 0 atom stereocenters. The van der Waals surface area contributed by atoms with Gasteiger partial charge in [-0.3, -0.25) is 24.2 Å². The average Bonchev–Trinajstić information content (AvgIpc) is 0.811. The van der Waals surface area contributed by atoms with Crippen molar-refractivity contribution in [3.05, 3.63) is 10.1 Å². The Labute approximate surface area is 38.4 Å². The van der Waals surface area contributed by atoms with Crippen LogP contribution in [0.2, 0.25) is 0 Å². The summed E-state index contributed by atoms with van der Waals surface area (Å²) in [7, 11) is 3.83. The maximum Gasteiger partial charge on any atom is 0.655 e. The Hall–Kier alpha value is -0.745. The van der Waals surface area contributed by atoms with Crippen molar-refractivity contribution in [2.75, 3.05) is 0 Å². The van der Waals surface area contributed by atoms with Crippen LogP contribution in [-0.2, 0) is 0 Å². The number of nitrogens with zero attached hydrogens (tertiary/aromatic N) is 1. The third kappa shape index (κ3) is 100. The van der Waals surface area contributed by atoms with Crippen molar-refractivity contribution < 1.29 is 18.9 Å². The minimum Gasteiger partial charge on any atom is -0.295 e. The highest BCUT2D eigenvalue weighted by Gasteiger charge is 1.68. The van der Waals surface area contributed by atoms with E-state index in [0.29, 0.717) is 0 Å². The molecule has 0 aliphatic heterocycles. The van der Waals surface area contributed by atoms with Crippen LogP contribution in [0.4, 0.5) is 14.1 Å². The molecule has 0 unspecified atom stereocenters. The highest BCUT2D eigenvalue weighted by atomic mass is 19.0. The van der Waals surface area contributed by atoms with E-state index in [1.54, 1.807) is 0 Å². The smallest absolute Gasteiger partial charge is 0.295 e. The van der Waals surface area contributed by atoms with Gasteiger partial charge in [0.25, 0.3) is 0 Å². The largest absolute Gasteiger partial charge is 0.655 e. The normalized spacial score (nSPS) is 3.43. The van der Waals surface area contributed by atoms with Crippen LogP contribution in [0.1, 0.15) is 0 Å². The zero-order valence-corrected chi connectivity index (χ0v) is 3.07. The summed E-state index contributed by atoms with van der Waals surface area (Å²) in [4.78, 5) is 7.58. The van der Waals surface area contributed by atoms with Crippen LogP contribution in [0.15, 0.2) is 0 Å². The number of rotatable bonds is 0. The lowest BCUT2D eigenvalue weighted by atomic mass is 10.5. The third-order valence-electron chi connectivity index (χ3n) is 0. The van der Waals surface area contributed by atoms with Crippen LogP contribution in [0.3, 0.4) is 0 Å². The van der Waals surface area contributed by atoms with Crippen molar-refractivity contribution in [2.45, 2.75) is 0 Å². The highest BCUT2D eigenvalue weighted by Crippen LogP contribution is 1.36. The van der Waals surface area contributed by atoms with E-state index >= 15 is 0 Å². The van der Waals surface area contributed by atoms with Gasteiger partial charge in [-0.25, -0.2) is 0 Å².